The van der Waals surface area contributed by atoms with E-state index >= 15 is 0 Å². The molecule has 2 aromatic rings. The van der Waals surface area contributed by atoms with Gasteiger partial charge in [-0.05, 0) is 36.4 Å². The van der Waals surface area contributed by atoms with Gasteiger partial charge in [0.2, 0.25) is 0 Å². The molecule has 0 aromatic heterocycles. The van der Waals surface area contributed by atoms with Gasteiger partial charge in [-0.3, -0.25) is 4.79 Å². The second kappa shape index (κ2) is 5.66. The summed E-state index contributed by atoms with van der Waals surface area (Å²) in [7, 11) is 1.53. The maximum absolute atomic E-state index is 12.3. The number of aliphatic hydroxyl groups is 2. The average molecular weight is 333 g/mol. The Bertz CT molecular complexity index is 770. The Morgan fingerprint density at radius 1 is 1.09 bits per heavy atom. The molecule has 0 radical (unpaired) electrons. The molecule has 1 aliphatic rings. The van der Waals surface area contributed by atoms with Crippen molar-refractivity contribution in [3.8, 4) is 5.75 Å². The lowest BCUT2D eigenvalue weighted by molar-refractivity contribution is -0.155. The first-order valence-corrected chi connectivity index (χ1v) is 7.09. The van der Waals surface area contributed by atoms with Crippen LogP contribution >= 0.6 is 11.6 Å². The highest BCUT2D eigenvalue weighted by Gasteiger charge is 2.49. The molecule has 6 nitrogen and oxygen atoms in total. The van der Waals surface area contributed by atoms with Crippen LogP contribution in [0, 0.1) is 0 Å². The normalized spacial score (nSPS) is 16.4. The highest BCUT2D eigenvalue weighted by atomic mass is 35.5. The highest BCUT2D eigenvalue weighted by molar-refractivity contribution is 6.31. The molecule has 0 saturated carbocycles. The van der Waals surface area contributed by atoms with Crippen LogP contribution in [-0.2, 0) is 4.79 Å². The number of carbonyl (C=O) groups is 1. The van der Waals surface area contributed by atoms with Gasteiger partial charge in [-0.2, -0.15) is 10.1 Å². The number of amides is 1. The van der Waals surface area contributed by atoms with Crippen molar-refractivity contribution in [1.82, 2.24) is 0 Å². The number of hydrazone groups is 1. The number of ether oxygens (including phenoxy) is 1. The maximum atomic E-state index is 12.3. The Balaban J connectivity index is 2.01. The molecule has 1 heterocycles. The van der Waals surface area contributed by atoms with Gasteiger partial charge in [-0.15, -0.1) is 0 Å². The number of benzene rings is 2. The van der Waals surface area contributed by atoms with E-state index in [2.05, 4.69) is 5.10 Å². The summed E-state index contributed by atoms with van der Waals surface area (Å²) in [5, 5.41) is 25.8. The van der Waals surface area contributed by atoms with Gasteiger partial charge in [0.15, 0.2) is 0 Å². The van der Waals surface area contributed by atoms with Crippen LogP contribution in [0.5, 0.6) is 5.75 Å². The van der Waals surface area contributed by atoms with Gasteiger partial charge in [0.05, 0.1) is 12.8 Å². The fourth-order valence-corrected chi connectivity index (χ4v) is 2.36. The van der Waals surface area contributed by atoms with Crippen LogP contribution in [0.2, 0.25) is 5.02 Å². The standard InChI is InChI=1S/C16H13ClN2O4/c1-23-13-8-6-12(7-9-13)19-15(20)16(21,22)14(18-19)10-2-4-11(17)5-3-10/h2-9,21-22H,1H3. The molecule has 0 fully saturated rings. The van der Waals surface area contributed by atoms with E-state index in [0.29, 0.717) is 22.0 Å². The van der Waals surface area contributed by atoms with E-state index in [1.54, 1.807) is 48.5 Å². The molecular weight excluding hydrogens is 320 g/mol. The summed E-state index contributed by atoms with van der Waals surface area (Å²) in [5.74, 6) is -3.04. The van der Waals surface area contributed by atoms with E-state index in [9.17, 15) is 15.0 Å². The second-order valence-electron chi connectivity index (χ2n) is 4.94. The second-order valence-corrected chi connectivity index (χ2v) is 5.38. The summed E-state index contributed by atoms with van der Waals surface area (Å²) in [6.07, 6.45) is 0. The molecule has 23 heavy (non-hydrogen) atoms. The van der Waals surface area contributed by atoms with E-state index < -0.39 is 11.7 Å². The Kier molecular flexibility index (Phi) is 3.81. The molecule has 0 unspecified atom stereocenters. The molecule has 0 spiro atoms. The van der Waals surface area contributed by atoms with Crippen molar-refractivity contribution in [1.29, 1.82) is 0 Å². The average Bonchev–Trinajstić information content (AvgIpc) is 2.79. The van der Waals surface area contributed by atoms with Crippen molar-refractivity contribution >= 4 is 28.9 Å². The zero-order valence-corrected chi connectivity index (χ0v) is 12.9. The first kappa shape index (κ1) is 15.5. The van der Waals surface area contributed by atoms with Crippen LogP contribution in [0.25, 0.3) is 0 Å². The molecular formula is C16H13ClN2O4. The number of hydrogen-bond acceptors (Lipinski definition) is 5. The van der Waals surface area contributed by atoms with E-state index in [1.807, 2.05) is 0 Å². The molecule has 1 amide bonds. The predicted molar refractivity (Wildman–Crippen MR) is 85.6 cm³/mol. The topological polar surface area (TPSA) is 82.4 Å². The molecule has 118 valence electrons. The minimum atomic E-state index is -2.70. The quantitative estimate of drug-likeness (QED) is 0.839. The van der Waals surface area contributed by atoms with Gasteiger partial charge in [0, 0.05) is 10.6 Å². The van der Waals surface area contributed by atoms with Crippen molar-refractivity contribution < 1.29 is 19.7 Å². The Morgan fingerprint density at radius 2 is 1.70 bits per heavy atom. The Labute approximate surface area is 137 Å². The third-order valence-corrected chi connectivity index (χ3v) is 3.71. The predicted octanol–water partition coefficient (Wildman–Crippen LogP) is 1.78. The summed E-state index contributed by atoms with van der Waals surface area (Å²) in [6, 6.07) is 12.8. The highest BCUT2D eigenvalue weighted by Crippen LogP contribution is 2.29. The fraction of sp³-hybridized carbons (Fsp3) is 0.125. The molecule has 3 rings (SSSR count). The number of carbonyl (C=O) groups excluding carboxylic acids is 1. The van der Waals surface area contributed by atoms with Crippen LogP contribution < -0.4 is 9.75 Å². The molecule has 7 heteroatoms. The van der Waals surface area contributed by atoms with Crippen molar-refractivity contribution in [3.63, 3.8) is 0 Å². The fourth-order valence-electron chi connectivity index (χ4n) is 2.23. The lowest BCUT2D eigenvalue weighted by Gasteiger charge is -2.17. The molecule has 0 bridgehead atoms. The van der Waals surface area contributed by atoms with Gasteiger partial charge in [0.1, 0.15) is 11.5 Å². The van der Waals surface area contributed by atoms with Crippen LogP contribution in [0.15, 0.2) is 53.6 Å². The van der Waals surface area contributed by atoms with E-state index in [4.69, 9.17) is 16.3 Å². The molecule has 2 aromatic carbocycles. The molecule has 0 aliphatic carbocycles. The minimum Gasteiger partial charge on any atom is -0.497 e. The first-order chi connectivity index (χ1) is 10.9. The van der Waals surface area contributed by atoms with Crippen LogP contribution in [0.4, 0.5) is 5.69 Å². The van der Waals surface area contributed by atoms with Crippen molar-refractivity contribution in [3.05, 3.63) is 59.1 Å². The number of halogens is 1. The summed E-state index contributed by atoms with van der Waals surface area (Å²) >= 11 is 5.82. The third-order valence-electron chi connectivity index (χ3n) is 3.46. The van der Waals surface area contributed by atoms with Crippen molar-refractivity contribution in [2.75, 3.05) is 12.1 Å². The SMILES string of the molecule is COc1ccc(N2N=C(c3ccc(Cl)cc3)C(O)(O)C2=O)cc1. The Hall–Kier alpha value is -2.41. The molecule has 0 atom stereocenters. The summed E-state index contributed by atoms with van der Waals surface area (Å²) in [4.78, 5) is 12.3. The maximum Gasteiger partial charge on any atom is 0.314 e. The largest absolute Gasteiger partial charge is 0.497 e. The van der Waals surface area contributed by atoms with Crippen molar-refractivity contribution in [2.45, 2.75) is 5.79 Å². The number of rotatable bonds is 3. The van der Waals surface area contributed by atoms with Gasteiger partial charge in [-0.1, -0.05) is 23.7 Å². The molecule has 2 N–H and O–H groups in total. The van der Waals surface area contributed by atoms with Gasteiger partial charge < -0.3 is 14.9 Å². The zero-order valence-electron chi connectivity index (χ0n) is 12.1. The third kappa shape index (κ3) is 2.68. The number of nitrogens with zero attached hydrogens (tertiary/aromatic N) is 2. The van der Waals surface area contributed by atoms with E-state index in [0.717, 1.165) is 5.01 Å². The summed E-state index contributed by atoms with van der Waals surface area (Å²) in [6.45, 7) is 0. The van der Waals surface area contributed by atoms with Crippen LogP contribution in [0.1, 0.15) is 5.56 Å². The number of methoxy groups -OCH3 is 1. The smallest absolute Gasteiger partial charge is 0.314 e. The van der Waals surface area contributed by atoms with Gasteiger partial charge in [0.25, 0.3) is 5.79 Å². The zero-order chi connectivity index (χ0) is 16.6. The number of hydrogen-bond donors (Lipinski definition) is 2. The van der Waals surface area contributed by atoms with Gasteiger partial charge >= 0.3 is 5.91 Å². The number of anilines is 1. The Morgan fingerprint density at radius 3 is 2.26 bits per heavy atom. The lowest BCUT2D eigenvalue weighted by atomic mass is 10.0. The van der Waals surface area contributed by atoms with Gasteiger partial charge in [-0.25, -0.2) is 0 Å². The van der Waals surface area contributed by atoms with Crippen LogP contribution in [-0.4, -0.2) is 34.7 Å². The lowest BCUT2D eigenvalue weighted by Crippen LogP contribution is -2.46. The monoisotopic (exact) mass is 332 g/mol. The summed E-state index contributed by atoms with van der Waals surface area (Å²) in [5.41, 5.74) is 0.631. The van der Waals surface area contributed by atoms with E-state index in [-0.39, 0.29) is 5.71 Å². The first-order valence-electron chi connectivity index (χ1n) is 6.72. The van der Waals surface area contributed by atoms with Crippen molar-refractivity contribution in [2.24, 2.45) is 5.10 Å². The van der Waals surface area contributed by atoms with Crippen LogP contribution in [0.3, 0.4) is 0 Å². The summed E-state index contributed by atoms with van der Waals surface area (Å²) < 4.78 is 5.05. The molecule has 1 aliphatic heterocycles. The minimum absolute atomic E-state index is 0.157. The van der Waals surface area contributed by atoms with E-state index in [1.165, 1.54) is 7.11 Å². The molecule has 0 saturated heterocycles.